The van der Waals surface area contributed by atoms with E-state index < -0.39 is 0 Å². The maximum Gasteiger partial charge on any atom is 0.217 e. The van der Waals surface area contributed by atoms with Crippen molar-refractivity contribution in [3.8, 4) is 62.7 Å². The Labute approximate surface area is 259 Å². The number of hydrogen-bond donors (Lipinski definition) is 1. The van der Waals surface area contributed by atoms with Gasteiger partial charge in [-0.3, -0.25) is 9.97 Å². The molecule has 2 heterocycles. The first-order valence-corrected chi connectivity index (χ1v) is 13.3. The Morgan fingerprint density at radius 1 is 0.667 bits per heavy atom. The largest absolute Gasteiger partial charge is 0.507 e. The second-order valence-corrected chi connectivity index (χ2v) is 9.88. The average Bonchev–Trinajstić information content (AvgIpc) is 2.97. The Hall–Kier alpha value is -4.67. The first kappa shape index (κ1) is 28.8. The summed E-state index contributed by atoms with van der Waals surface area (Å²) in [5.41, 5.74) is 7.28. The van der Waals surface area contributed by atoms with Gasteiger partial charge in [0, 0.05) is 44.6 Å². The summed E-state index contributed by atoms with van der Waals surface area (Å²) in [6.45, 7) is 6.18. The monoisotopic (exact) mass is 730 g/mol. The fraction of sp³-hybridized carbons (Fsp3) is 0.0857. The van der Waals surface area contributed by atoms with Gasteiger partial charge >= 0.3 is 0 Å². The molecule has 0 radical (unpaired) electrons. The molecule has 4 aromatic carbocycles. The van der Waals surface area contributed by atoms with Crippen molar-refractivity contribution in [2.24, 2.45) is 0 Å². The topological polar surface area (TPSA) is 81.0 Å². The molecule has 0 atom stereocenters. The van der Waals surface area contributed by atoms with Crippen LogP contribution in [-0.4, -0.2) is 25.0 Å². The molecule has 0 spiro atoms. The number of nitrogens with zero attached hydrogens (tertiary/aromatic N) is 4. The van der Waals surface area contributed by atoms with Gasteiger partial charge in [0.1, 0.15) is 5.75 Å². The molecule has 0 saturated heterocycles. The standard InChI is InChI=1S/C35H27N4O2.Pt/c1-22-17-23(2)32(24(3)18-22)35-38-33(37-34(39-35)29-13-7-8-14-30(29)40)27-19-26(25-11-5-4-6-12-25)20-28(21-27)41-31-15-9-10-16-36-31;/h4-20,40H,1-3H3;/q-1;. The van der Waals surface area contributed by atoms with Crippen LogP contribution < -0.4 is 4.74 Å². The number of aromatic nitrogens is 4. The Morgan fingerprint density at radius 3 is 2.05 bits per heavy atom. The summed E-state index contributed by atoms with van der Waals surface area (Å²) in [6.07, 6.45) is 1.68. The molecule has 0 aliphatic carbocycles. The number of hydrogen-bond acceptors (Lipinski definition) is 6. The molecule has 42 heavy (non-hydrogen) atoms. The van der Waals surface area contributed by atoms with E-state index in [-0.39, 0.29) is 26.8 Å². The van der Waals surface area contributed by atoms with Crippen molar-refractivity contribution in [1.29, 1.82) is 0 Å². The molecule has 6 nitrogen and oxygen atoms in total. The van der Waals surface area contributed by atoms with Crippen LogP contribution in [-0.2, 0) is 21.1 Å². The molecular formula is C35H27N4O2Pt-. The van der Waals surface area contributed by atoms with Crippen molar-refractivity contribution >= 4 is 0 Å². The van der Waals surface area contributed by atoms with Crippen LogP contribution in [0.15, 0.2) is 103 Å². The van der Waals surface area contributed by atoms with Crippen LogP contribution in [0, 0.1) is 26.8 Å². The molecule has 0 amide bonds. The number of phenols is 1. The molecule has 0 aliphatic rings. The number of pyridine rings is 1. The van der Waals surface area contributed by atoms with Crippen LogP contribution >= 0.6 is 0 Å². The van der Waals surface area contributed by atoms with Crippen molar-refractivity contribution in [2.75, 3.05) is 0 Å². The minimum absolute atomic E-state index is 0. The Balaban J connectivity index is 0.00000353. The minimum atomic E-state index is 0. The van der Waals surface area contributed by atoms with Crippen molar-refractivity contribution in [3.63, 3.8) is 0 Å². The van der Waals surface area contributed by atoms with Crippen molar-refractivity contribution in [3.05, 3.63) is 126 Å². The number of ether oxygens (including phenoxy) is 1. The van der Waals surface area contributed by atoms with E-state index in [2.05, 4.69) is 44.0 Å². The number of aromatic hydroxyl groups is 1. The van der Waals surface area contributed by atoms with Crippen molar-refractivity contribution in [2.45, 2.75) is 20.8 Å². The second kappa shape index (κ2) is 12.5. The normalized spacial score (nSPS) is 10.6. The minimum Gasteiger partial charge on any atom is -0.507 e. The maximum atomic E-state index is 10.7. The predicted octanol–water partition coefficient (Wildman–Crippen LogP) is 8.16. The van der Waals surface area contributed by atoms with Crippen LogP contribution in [0.3, 0.4) is 0 Å². The van der Waals surface area contributed by atoms with E-state index in [9.17, 15) is 5.11 Å². The van der Waals surface area contributed by atoms with Gasteiger partial charge in [0.25, 0.3) is 0 Å². The molecule has 6 aromatic rings. The van der Waals surface area contributed by atoms with E-state index in [1.165, 1.54) is 5.56 Å². The van der Waals surface area contributed by atoms with Crippen LogP contribution in [0.4, 0.5) is 0 Å². The maximum absolute atomic E-state index is 10.7. The molecule has 0 unspecified atom stereocenters. The number of aryl methyl sites for hydroxylation is 3. The summed E-state index contributed by atoms with van der Waals surface area (Å²) in [5.74, 6) is 2.33. The zero-order valence-electron chi connectivity index (χ0n) is 23.3. The molecule has 6 rings (SSSR count). The zero-order valence-corrected chi connectivity index (χ0v) is 25.5. The van der Waals surface area contributed by atoms with Crippen molar-refractivity contribution < 1.29 is 30.9 Å². The van der Waals surface area contributed by atoms with Crippen LogP contribution in [0.5, 0.6) is 17.4 Å². The number of phenolic OH excluding ortho intramolecular Hbond substituents is 1. The fourth-order valence-electron chi connectivity index (χ4n) is 4.96. The first-order valence-electron chi connectivity index (χ1n) is 13.3. The smallest absolute Gasteiger partial charge is 0.217 e. The molecule has 0 fully saturated rings. The summed E-state index contributed by atoms with van der Waals surface area (Å²) < 4.78 is 6.13. The van der Waals surface area contributed by atoms with Crippen LogP contribution in [0.25, 0.3) is 45.3 Å². The van der Waals surface area contributed by atoms with Gasteiger partial charge in [-0.15, -0.1) is 11.6 Å². The van der Waals surface area contributed by atoms with Gasteiger partial charge in [-0.05, 0) is 55.7 Å². The quantitative estimate of drug-likeness (QED) is 0.174. The molecule has 7 heteroatoms. The number of benzene rings is 4. The predicted molar refractivity (Wildman–Crippen MR) is 161 cm³/mol. The molecule has 0 aliphatic heterocycles. The van der Waals surface area contributed by atoms with Crippen LogP contribution in [0.2, 0.25) is 0 Å². The van der Waals surface area contributed by atoms with Gasteiger partial charge in [-0.2, -0.15) is 0 Å². The third-order valence-corrected chi connectivity index (χ3v) is 6.73. The molecule has 0 saturated carbocycles. The fourth-order valence-corrected chi connectivity index (χ4v) is 4.96. The molecule has 210 valence electrons. The second-order valence-electron chi connectivity index (χ2n) is 9.88. The SMILES string of the molecule is Cc1cc(C)c(-c2nc(-c3[c-]c(Oc4ccccn4)cc(-c4ccccc4)c3)nc(-c3ccccc3O)n2)c(C)c1.[Pt]. The van der Waals surface area contributed by atoms with E-state index in [4.69, 9.17) is 19.7 Å². The summed E-state index contributed by atoms with van der Waals surface area (Å²) in [6, 6.07) is 34.1. The van der Waals surface area contributed by atoms with Gasteiger partial charge in [0.2, 0.25) is 5.88 Å². The summed E-state index contributed by atoms with van der Waals surface area (Å²) in [7, 11) is 0. The van der Waals surface area contributed by atoms with Gasteiger partial charge in [0.05, 0.1) is 11.4 Å². The van der Waals surface area contributed by atoms with E-state index >= 15 is 0 Å². The summed E-state index contributed by atoms with van der Waals surface area (Å²) >= 11 is 0. The average molecular weight is 731 g/mol. The van der Waals surface area contributed by atoms with E-state index in [0.29, 0.717) is 40.2 Å². The zero-order chi connectivity index (χ0) is 28.3. The molecular weight excluding hydrogens is 703 g/mol. The van der Waals surface area contributed by atoms with E-state index in [0.717, 1.165) is 27.8 Å². The van der Waals surface area contributed by atoms with Crippen molar-refractivity contribution in [1.82, 2.24) is 19.9 Å². The third-order valence-electron chi connectivity index (χ3n) is 6.73. The molecule has 2 aromatic heterocycles. The Kier molecular flexibility index (Phi) is 8.56. The van der Waals surface area contributed by atoms with Gasteiger partial charge in [0.15, 0.2) is 11.6 Å². The molecule has 0 bridgehead atoms. The van der Waals surface area contributed by atoms with Crippen LogP contribution in [0.1, 0.15) is 16.7 Å². The summed E-state index contributed by atoms with van der Waals surface area (Å²) in [5, 5.41) is 10.7. The molecule has 1 N–H and O–H groups in total. The number of rotatable bonds is 6. The summed E-state index contributed by atoms with van der Waals surface area (Å²) in [4.78, 5) is 18.9. The Bertz CT molecular complexity index is 1840. The van der Waals surface area contributed by atoms with E-state index in [1.54, 1.807) is 30.5 Å². The van der Waals surface area contributed by atoms with Gasteiger partial charge in [-0.25, -0.2) is 9.97 Å². The van der Waals surface area contributed by atoms with E-state index in [1.807, 2.05) is 60.7 Å². The third kappa shape index (κ3) is 6.14. The first-order chi connectivity index (χ1) is 19.9. The Morgan fingerprint density at radius 2 is 1.33 bits per heavy atom. The van der Waals surface area contributed by atoms with Gasteiger partial charge < -0.3 is 9.84 Å². The van der Waals surface area contributed by atoms with Gasteiger partial charge in [-0.1, -0.05) is 83.9 Å². The number of para-hydroxylation sites is 1.